The van der Waals surface area contributed by atoms with Crippen LogP contribution >= 0.6 is 0 Å². The number of unbranched alkanes of at least 4 members (excludes halogenated alkanes) is 3. The number of rotatable bonds is 19. The fourth-order valence-corrected chi connectivity index (χ4v) is 7.94. The largest absolute Gasteiger partial charge is 0.504 e. The van der Waals surface area contributed by atoms with E-state index in [0.29, 0.717) is 6.04 Å². The molecule has 0 aliphatic heterocycles. The SMILES string of the molecule is C#CC(C)(C)OC(O[SiH2]CCCCCC[Si](OC(C)(C)C#C)(OC(C)(C)C#C)OC(C)(C)C#C)OC(C)(C)C#C. The van der Waals surface area contributed by atoms with E-state index in [2.05, 4.69) is 29.6 Å². The molecule has 0 radical (unpaired) electrons. The van der Waals surface area contributed by atoms with Crippen LogP contribution in [0.3, 0.4) is 0 Å². The Morgan fingerprint density at radius 1 is 0.550 bits per heavy atom. The lowest BCUT2D eigenvalue weighted by atomic mass is 10.1. The van der Waals surface area contributed by atoms with Crippen molar-refractivity contribution >= 4 is 18.6 Å². The van der Waals surface area contributed by atoms with Crippen molar-refractivity contribution in [1.29, 1.82) is 0 Å². The van der Waals surface area contributed by atoms with Gasteiger partial charge in [-0.15, -0.1) is 32.1 Å². The maximum absolute atomic E-state index is 6.42. The topological polar surface area (TPSA) is 55.4 Å². The monoisotopic (exact) mass is 586 g/mol. The Balaban J connectivity index is 5.22. The molecule has 0 aromatic heterocycles. The van der Waals surface area contributed by atoms with Crippen molar-refractivity contribution in [2.45, 2.75) is 141 Å². The van der Waals surface area contributed by atoms with E-state index >= 15 is 0 Å². The van der Waals surface area contributed by atoms with Gasteiger partial charge in [0.15, 0.2) is 9.76 Å². The summed E-state index contributed by atoms with van der Waals surface area (Å²) < 4.78 is 36.9. The Morgan fingerprint density at radius 3 is 1.25 bits per heavy atom. The predicted octanol–water partition coefficient (Wildman–Crippen LogP) is 5.43. The molecule has 0 aliphatic rings. The van der Waals surface area contributed by atoms with Crippen LogP contribution in [0.5, 0.6) is 0 Å². The summed E-state index contributed by atoms with van der Waals surface area (Å²) in [4.78, 5) is 0. The van der Waals surface area contributed by atoms with E-state index < -0.39 is 53.0 Å². The van der Waals surface area contributed by atoms with Crippen LogP contribution < -0.4 is 0 Å². The van der Waals surface area contributed by atoms with Crippen molar-refractivity contribution in [3.63, 3.8) is 0 Å². The molecular formula is C32H50O6Si2. The smallest absolute Gasteiger partial charge is 0.378 e. The van der Waals surface area contributed by atoms with E-state index in [9.17, 15) is 0 Å². The van der Waals surface area contributed by atoms with Crippen LogP contribution in [0, 0.1) is 61.7 Å². The van der Waals surface area contributed by atoms with Gasteiger partial charge in [-0.3, -0.25) is 0 Å². The lowest BCUT2D eigenvalue weighted by molar-refractivity contribution is -0.301. The van der Waals surface area contributed by atoms with Gasteiger partial charge in [-0.1, -0.05) is 48.9 Å². The van der Waals surface area contributed by atoms with Gasteiger partial charge >= 0.3 is 8.80 Å². The van der Waals surface area contributed by atoms with Crippen LogP contribution in [0.15, 0.2) is 0 Å². The number of hydrogen-bond acceptors (Lipinski definition) is 6. The van der Waals surface area contributed by atoms with Gasteiger partial charge in [-0.25, -0.2) is 0 Å². The molecule has 0 aromatic rings. The minimum absolute atomic E-state index is 0.522. The third kappa shape index (κ3) is 15.7. The lowest BCUT2D eigenvalue weighted by Crippen LogP contribution is -2.57. The first-order valence-electron chi connectivity index (χ1n) is 13.7. The van der Waals surface area contributed by atoms with Gasteiger partial charge in [-0.05, 0) is 81.7 Å². The van der Waals surface area contributed by atoms with Crippen LogP contribution in [0.4, 0.5) is 0 Å². The average Bonchev–Trinajstić information content (AvgIpc) is 2.84. The van der Waals surface area contributed by atoms with Crippen molar-refractivity contribution in [2.75, 3.05) is 0 Å². The van der Waals surface area contributed by atoms with E-state index in [1.165, 1.54) is 0 Å². The molecule has 0 saturated heterocycles. The van der Waals surface area contributed by atoms with Gasteiger partial charge in [-0.2, -0.15) is 0 Å². The van der Waals surface area contributed by atoms with E-state index in [1.54, 1.807) is 69.2 Å². The molecule has 0 heterocycles. The standard InChI is InChI=1S/C32H50O6Si2/c1-16-28(6,7)33-27(34-29(8,9)17-2)35-39-25-23-21-22-24-26-40(36-30(10,11)18-3,37-31(12,13)19-4)38-32(14,15)20-5/h1-5,27H,21-26,39H2,6-15H3. The first-order valence-corrected chi connectivity index (χ1v) is 17.2. The zero-order valence-corrected chi connectivity index (χ0v) is 28.8. The molecule has 0 rings (SSSR count). The molecule has 222 valence electrons. The molecule has 6 nitrogen and oxygen atoms in total. The highest BCUT2D eigenvalue weighted by atomic mass is 28.4. The molecule has 0 N–H and O–H groups in total. The van der Waals surface area contributed by atoms with Gasteiger partial charge in [0.1, 0.15) is 28.0 Å². The molecular weight excluding hydrogens is 537 g/mol. The first-order chi connectivity index (χ1) is 18.2. The Labute approximate surface area is 248 Å². The summed E-state index contributed by atoms with van der Waals surface area (Å²) >= 11 is 0. The van der Waals surface area contributed by atoms with Crippen LogP contribution in [-0.2, 0) is 27.2 Å². The van der Waals surface area contributed by atoms with E-state index in [4.69, 9.17) is 59.3 Å². The highest BCUT2D eigenvalue weighted by Gasteiger charge is 2.51. The molecule has 0 bridgehead atoms. The highest BCUT2D eigenvalue weighted by molar-refractivity contribution is 6.61. The third-order valence-corrected chi connectivity index (χ3v) is 10.4. The first kappa shape index (κ1) is 38.0. The number of ether oxygens (including phenoxy) is 2. The van der Waals surface area contributed by atoms with Crippen LogP contribution in [-0.4, -0.2) is 53.0 Å². The van der Waals surface area contributed by atoms with Crippen LogP contribution in [0.25, 0.3) is 0 Å². The van der Waals surface area contributed by atoms with Gasteiger partial charge in [0.05, 0.1) is 0 Å². The van der Waals surface area contributed by atoms with Gasteiger partial charge in [0.25, 0.3) is 6.48 Å². The Morgan fingerprint density at radius 2 is 0.900 bits per heavy atom. The van der Waals surface area contributed by atoms with Crippen LogP contribution in [0.2, 0.25) is 12.1 Å². The summed E-state index contributed by atoms with van der Waals surface area (Å²) in [6.45, 7) is 17.0. The maximum atomic E-state index is 6.42. The minimum Gasteiger partial charge on any atom is -0.378 e. The summed E-state index contributed by atoms with van der Waals surface area (Å²) in [7, 11) is -4.37. The fraction of sp³-hybridized carbons (Fsp3) is 0.688. The van der Waals surface area contributed by atoms with Crippen molar-refractivity contribution in [2.24, 2.45) is 0 Å². The van der Waals surface area contributed by atoms with Crippen LogP contribution in [0.1, 0.15) is 94.9 Å². The molecule has 40 heavy (non-hydrogen) atoms. The van der Waals surface area contributed by atoms with Gasteiger partial charge < -0.3 is 27.2 Å². The molecule has 0 atom stereocenters. The number of terminal acetylenes is 5. The summed E-state index contributed by atoms with van der Waals surface area (Å²) in [5, 5.41) is 0. The summed E-state index contributed by atoms with van der Waals surface area (Å²) in [6.07, 6.45) is 32.0. The zero-order chi connectivity index (χ0) is 31.3. The van der Waals surface area contributed by atoms with E-state index in [1.807, 2.05) is 0 Å². The second-order valence-electron chi connectivity index (χ2n) is 12.2. The third-order valence-electron chi connectivity index (χ3n) is 5.63. The second-order valence-corrected chi connectivity index (χ2v) is 16.1. The number of hydrogen-bond donors (Lipinski definition) is 0. The minimum atomic E-state index is -3.42. The fourth-order valence-electron chi connectivity index (χ4n) is 3.26. The molecule has 0 unspecified atom stereocenters. The average molecular weight is 587 g/mol. The van der Waals surface area contributed by atoms with Crippen molar-refractivity contribution < 1.29 is 27.2 Å². The Bertz CT molecular complexity index is 911. The lowest BCUT2D eigenvalue weighted by Gasteiger charge is -2.41. The molecule has 8 heteroatoms. The Hall–Kier alpha value is -2.01. The zero-order valence-electron chi connectivity index (χ0n) is 26.4. The molecule has 0 aromatic carbocycles. The Kier molecular flexibility index (Phi) is 15.1. The summed E-state index contributed by atoms with van der Waals surface area (Å²) in [6, 6.07) is 1.45. The quantitative estimate of drug-likeness (QED) is 0.0871. The molecule has 0 saturated carbocycles. The maximum Gasteiger partial charge on any atom is 0.504 e. The van der Waals surface area contributed by atoms with E-state index in [0.717, 1.165) is 31.7 Å². The summed E-state index contributed by atoms with van der Waals surface area (Å²) in [5.74, 6) is 13.2. The molecule has 0 aliphatic carbocycles. The molecule has 0 amide bonds. The molecule has 0 fully saturated rings. The highest BCUT2D eigenvalue weighted by Crippen LogP contribution is 2.33. The van der Waals surface area contributed by atoms with Crippen molar-refractivity contribution in [1.82, 2.24) is 0 Å². The predicted molar refractivity (Wildman–Crippen MR) is 167 cm³/mol. The van der Waals surface area contributed by atoms with E-state index in [-0.39, 0.29) is 0 Å². The summed E-state index contributed by atoms with van der Waals surface area (Å²) in [5.41, 5.74) is -4.46. The van der Waals surface area contributed by atoms with Crippen molar-refractivity contribution in [3.8, 4) is 61.7 Å². The second kappa shape index (κ2) is 15.8. The van der Waals surface area contributed by atoms with Gasteiger partial charge in [0, 0.05) is 6.04 Å². The van der Waals surface area contributed by atoms with Gasteiger partial charge in [0.2, 0.25) is 0 Å². The van der Waals surface area contributed by atoms with Crippen molar-refractivity contribution in [3.05, 3.63) is 0 Å². The normalized spacial score (nSPS) is 13.4. The molecule has 0 spiro atoms.